The van der Waals surface area contributed by atoms with E-state index in [4.69, 9.17) is 18.9 Å². The number of halogens is 6. The fourth-order valence-electron chi connectivity index (χ4n) is 7.79. The van der Waals surface area contributed by atoms with Gasteiger partial charge < -0.3 is 18.9 Å². The Morgan fingerprint density at radius 2 is 0.631 bits per heavy atom. The Morgan fingerprint density at radius 1 is 0.369 bits per heavy atom. The SMILES string of the molecule is CCCCCCCCCCCCOc1ccc(C(=O)Oc2ccc(C(c3ccc(OC(=O)c4ccc(OCCCCCCCCCCCC)cc4)cc3)(C(F)(F)F)C(F)(F)F)cc2)cc1. The van der Waals surface area contributed by atoms with Gasteiger partial charge in [-0.2, -0.15) is 26.3 Å². The first-order valence-corrected chi connectivity index (χ1v) is 23.5. The molecule has 4 aromatic rings. The maximum Gasteiger partial charge on any atom is 0.411 e. The molecule has 4 aromatic carbocycles. The normalized spacial score (nSPS) is 11.9. The number of carbonyl (C=O) groups excluding carboxylic acids is 2. The highest BCUT2D eigenvalue weighted by Gasteiger charge is 2.72. The maximum atomic E-state index is 14.9. The van der Waals surface area contributed by atoms with Gasteiger partial charge >= 0.3 is 24.3 Å². The van der Waals surface area contributed by atoms with E-state index >= 15 is 0 Å². The van der Waals surface area contributed by atoms with Crippen LogP contribution in [0, 0.1) is 0 Å². The minimum Gasteiger partial charge on any atom is -0.494 e. The van der Waals surface area contributed by atoms with Crippen molar-refractivity contribution < 1.29 is 54.9 Å². The molecule has 356 valence electrons. The number of carbonyl (C=O) groups is 2. The second-order valence-corrected chi connectivity index (χ2v) is 16.7. The summed E-state index contributed by atoms with van der Waals surface area (Å²) >= 11 is 0. The number of rotatable bonds is 30. The standard InChI is InChI=1S/C53H66F6O6/c1-3-5-7-9-11-13-15-17-19-21-39-62-45-31-23-41(24-32-45)49(60)64-47-35-27-43(28-36-47)51(52(54,55)56,53(57,58)59)44-29-37-48(38-30-44)65-50(61)42-25-33-46(34-26-42)63-40-22-20-18-16-14-12-10-8-6-4-2/h23-38H,3-22,39-40H2,1-2H3. The van der Waals surface area contributed by atoms with E-state index in [1.807, 2.05) is 0 Å². The van der Waals surface area contributed by atoms with Gasteiger partial charge in [0.05, 0.1) is 24.3 Å². The van der Waals surface area contributed by atoms with Crippen LogP contribution < -0.4 is 18.9 Å². The molecule has 0 radical (unpaired) electrons. The molecule has 0 aliphatic heterocycles. The molecular formula is C53H66F6O6. The Kier molecular flexibility index (Phi) is 22.2. The maximum absolute atomic E-state index is 14.9. The molecule has 0 aromatic heterocycles. The molecule has 4 rings (SSSR count). The monoisotopic (exact) mass is 912 g/mol. The second-order valence-electron chi connectivity index (χ2n) is 16.7. The Hall–Kier alpha value is -5.00. The molecule has 0 spiro atoms. The molecule has 0 aliphatic carbocycles. The summed E-state index contributed by atoms with van der Waals surface area (Å²) in [5.74, 6) is -1.12. The first-order valence-electron chi connectivity index (χ1n) is 23.5. The molecule has 0 amide bonds. The van der Waals surface area contributed by atoms with Gasteiger partial charge in [-0.25, -0.2) is 9.59 Å². The molecule has 12 heteroatoms. The van der Waals surface area contributed by atoms with Gasteiger partial charge in [-0.3, -0.25) is 0 Å². The Bertz CT molecular complexity index is 1800. The third kappa shape index (κ3) is 16.7. The van der Waals surface area contributed by atoms with E-state index in [-0.39, 0.29) is 22.6 Å². The summed E-state index contributed by atoms with van der Waals surface area (Å²) < 4.78 is 111. The highest BCUT2D eigenvalue weighted by atomic mass is 19.4. The molecule has 65 heavy (non-hydrogen) atoms. The Morgan fingerprint density at radius 3 is 0.908 bits per heavy atom. The van der Waals surface area contributed by atoms with Crippen LogP contribution in [-0.4, -0.2) is 37.5 Å². The minimum atomic E-state index is -5.86. The molecule has 0 atom stereocenters. The Balaban J connectivity index is 1.29. The van der Waals surface area contributed by atoms with Gasteiger partial charge in [0, 0.05) is 0 Å². The fourth-order valence-corrected chi connectivity index (χ4v) is 7.79. The number of alkyl halides is 6. The van der Waals surface area contributed by atoms with Crippen molar-refractivity contribution in [1.82, 2.24) is 0 Å². The van der Waals surface area contributed by atoms with Crippen LogP contribution in [0.15, 0.2) is 97.1 Å². The molecule has 0 unspecified atom stereocenters. The van der Waals surface area contributed by atoms with Crippen molar-refractivity contribution in [2.75, 3.05) is 13.2 Å². The molecule has 6 nitrogen and oxygen atoms in total. The third-order valence-corrected chi connectivity index (χ3v) is 11.6. The van der Waals surface area contributed by atoms with Gasteiger partial charge in [0.25, 0.3) is 0 Å². The van der Waals surface area contributed by atoms with Gasteiger partial charge in [0.1, 0.15) is 23.0 Å². The number of hydrogen-bond acceptors (Lipinski definition) is 6. The summed E-state index contributed by atoms with van der Waals surface area (Å²) in [6, 6.07) is 18.3. The lowest BCUT2D eigenvalue weighted by Crippen LogP contribution is -2.54. The zero-order valence-electron chi connectivity index (χ0n) is 38.0. The number of unbranched alkanes of at least 4 members (excludes halogenated alkanes) is 18. The molecular weight excluding hydrogens is 847 g/mol. The van der Waals surface area contributed by atoms with E-state index < -0.39 is 40.8 Å². The summed E-state index contributed by atoms with van der Waals surface area (Å²) in [4.78, 5) is 25.7. The summed E-state index contributed by atoms with van der Waals surface area (Å²) in [5, 5.41) is 0. The number of esters is 2. The molecule has 0 N–H and O–H groups in total. The zero-order chi connectivity index (χ0) is 47.0. The second kappa shape index (κ2) is 27.5. The lowest BCUT2D eigenvalue weighted by atomic mass is 9.73. The van der Waals surface area contributed by atoms with Crippen LogP contribution in [0.4, 0.5) is 26.3 Å². The van der Waals surface area contributed by atoms with Gasteiger partial charge in [0.2, 0.25) is 5.41 Å². The van der Waals surface area contributed by atoms with Gasteiger partial charge in [-0.15, -0.1) is 0 Å². The largest absolute Gasteiger partial charge is 0.494 e. The van der Waals surface area contributed by atoms with Crippen molar-refractivity contribution in [3.63, 3.8) is 0 Å². The lowest BCUT2D eigenvalue weighted by molar-refractivity contribution is -0.288. The van der Waals surface area contributed by atoms with Crippen LogP contribution in [0.5, 0.6) is 23.0 Å². The van der Waals surface area contributed by atoms with Crippen LogP contribution in [0.2, 0.25) is 0 Å². The Labute approximate surface area is 381 Å². The highest BCUT2D eigenvalue weighted by molar-refractivity contribution is 5.91. The molecule has 0 fully saturated rings. The van der Waals surface area contributed by atoms with Crippen molar-refractivity contribution in [2.24, 2.45) is 0 Å². The highest BCUT2D eigenvalue weighted by Crippen LogP contribution is 2.56. The smallest absolute Gasteiger partial charge is 0.411 e. The van der Waals surface area contributed by atoms with E-state index in [1.54, 1.807) is 24.3 Å². The molecule has 0 bridgehead atoms. The van der Waals surface area contributed by atoms with Crippen molar-refractivity contribution in [2.45, 2.75) is 160 Å². The first kappa shape index (κ1) is 52.6. The molecule has 0 saturated carbocycles. The van der Waals surface area contributed by atoms with E-state index in [0.717, 1.165) is 62.8 Å². The minimum absolute atomic E-state index is 0.113. The van der Waals surface area contributed by atoms with Crippen LogP contribution in [0.1, 0.15) is 174 Å². The summed E-state index contributed by atoms with van der Waals surface area (Å²) in [6.45, 7) is 5.46. The van der Waals surface area contributed by atoms with E-state index in [9.17, 15) is 35.9 Å². The topological polar surface area (TPSA) is 71.1 Å². The van der Waals surface area contributed by atoms with Crippen LogP contribution in [0.25, 0.3) is 0 Å². The zero-order valence-corrected chi connectivity index (χ0v) is 38.0. The van der Waals surface area contributed by atoms with E-state index in [1.165, 1.54) is 114 Å². The number of ether oxygens (including phenoxy) is 4. The quantitative estimate of drug-likeness (QED) is 0.0225. The average molecular weight is 913 g/mol. The molecule has 0 aliphatic rings. The van der Waals surface area contributed by atoms with Gasteiger partial charge in [-0.05, 0) is 96.8 Å². The fraction of sp³-hybridized carbons (Fsp3) is 0.509. The van der Waals surface area contributed by atoms with Crippen LogP contribution >= 0.6 is 0 Å². The predicted octanol–water partition coefficient (Wildman–Crippen LogP) is 16.1. The lowest BCUT2D eigenvalue weighted by Gasteiger charge is -2.38. The van der Waals surface area contributed by atoms with Crippen LogP contribution in [-0.2, 0) is 5.41 Å². The van der Waals surface area contributed by atoms with Gasteiger partial charge in [0.15, 0.2) is 0 Å². The van der Waals surface area contributed by atoms with Crippen molar-refractivity contribution in [3.05, 3.63) is 119 Å². The summed E-state index contributed by atoms with van der Waals surface area (Å²) in [6.07, 6.45) is 12.2. The third-order valence-electron chi connectivity index (χ3n) is 11.6. The van der Waals surface area contributed by atoms with Crippen molar-refractivity contribution in [1.29, 1.82) is 0 Å². The summed E-state index contributed by atoms with van der Waals surface area (Å²) in [7, 11) is 0. The van der Waals surface area contributed by atoms with E-state index in [2.05, 4.69) is 13.8 Å². The molecule has 0 heterocycles. The van der Waals surface area contributed by atoms with Crippen molar-refractivity contribution >= 4 is 11.9 Å². The van der Waals surface area contributed by atoms with Gasteiger partial charge in [-0.1, -0.05) is 154 Å². The van der Waals surface area contributed by atoms with E-state index in [0.29, 0.717) is 49.0 Å². The predicted molar refractivity (Wildman–Crippen MR) is 243 cm³/mol. The van der Waals surface area contributed by atoms with Crippen molar-refractivity contribution in [3.8, 4) is 23.0 Å². The first-order chi connectivity index (χ1) is 31.3. The number of hydrogen-bond donors (Lipinski definition) is 0. The number of benzene rings is 4. The van der Waals surface area contributed by atoms with Crippen LogP contribution in [0.3, 0.4) is 0 Å². The molecule has 0 saturated heterocycles. The summed E-state index contributed by atoms with van der Waals surface area (Å²) in [5.41, 5.74) is -6.55. The average Bonchev–Trinajstić information content (AvgIpc) is 3.28.